The van der Waals surface area contributed by atoms with Crippen molar-refractivity contribution in [2.24, 2.45) is 11.1 Å². The zero-order chi connectivity index (χ0) is 22.3. The number of hydrogen-bond donors (Lipinski definition) is 3. The number of nitrogens with one attached hydrogen (secondary N) is 1. The van der Waals surface area contributed by atoms with Crippen LogP contribution in [0.4, 0.5) is 10.5 Å². The van der Waals surface area contributed by atoms with E-state index >= 15 is 0 Å². The molecule has 1 atom stereocenters. The number of carbonyl (C=O) groups is 2. The average Bonchev–Trinajstić information content (AvgIpc) is 3.52. The van der Waals surface area contributed by atoms with Gasteiger partial charge in [-0.15, -0.1) is 0 Å². The molecule has 164 valence electrons. The zero-order valence-electron chi connectivity index (χ0n) is 16.5. The van der Waals surface area contributed by atoms with Gasteiger partial charge in [-0.1, -0.05) is 29.8 Å². The average molecular weight is 464 g/mol. The Kier molecular flexibility index (Phi) is 5.67. The highest BCUT2D eigenvalue weighted by Gasteiger charge is 2.43. The molecule has 0 radical (unpaired) electrons. The highest BCUT2D eigenvalue weighted by atomic mass is 35.5. The van der Waals surface area contributed by atoms with Crippen LogP contribution in [-0.2, 0) is 27.7 Å². The van der Waals surface area contributed by atoms with Crippen LogP contribution < -0.4 is 10.5 Å². The Hall–Kier alpha value is -2.62. The molecule has 4 N–H and O–H groups in total. The van der Waals surface area contributed by atoms with E-state index in [4.69, 9.17) is 16.7 Å². The van der Waals surface area contributed by atoms with Crippen molar-refractivity contribution in [1.29, 1.82) is 0 Å². The lowest BCUT2D eigenvalue weighted by molar-refractivity contribution is -0.115. The largest absolute Gasteiger partial charge is 0.465 e. The summed E-state index contributed by atoms with van der Waals surface area (Å²) in [5, 5.41) is 18.3. The van der Waals surface area contributed by atoms with Crippen molar-refractivity contribution in [2.75, 3.05) is 11.9 Å². The topological polar surface area (TPSA) is 130 Å². The molecule has 1 aliphatic heterocycles. The molecule has 0 spiro atoms. The van der Waals surface area contributed by atoms with E-state index in [0.29, 0.717) is 21.7 Å². The van der Waals surface area contributed by atoms with Crippen LogP contribution in [0.1, 0.15) is 35.6 Å². The molecule has 2 amide bonds. The Morgan fingerprint density at radius 1 is 1.23 bits per heavy atom. The number of nitrogens with zero attached hydrogens (tertiary/aromatic N) is 1. The molecule has 1 heterocycles. The second-order valence-electron chi connectivity index (χ2n) is 7.91. The molecule has 10 heteroatoms. The molecule has 1 unspecified atom stereocenters. The van der Waals surface area contributed by atoms with Gasteiger partial charge in [-0.2, -0.15) is 0 Å². The fraction of sp³-hybridized carbons (Fsp3) is 0.333. The van der Waals surface area contributed by atoms with E-state index in [9.17, 15) is 23.1 Å². The molecule has 31 heavy (non-hydrogen) atoms. The lowest BCUT2D eigenvalue weighted by Gasteiger charge is -2.36. The molecule has 1 fully saturated rings. The smallest absolute Gasteiger partial charge is 0.407 e. The fourth-order valence-electron chi connectivity index (χ4n) is 4.22. The predicted octanol–water partition coefficient (Wildman–Crippen LogP) is 3.16. The van der Waals surface area contributed by atoms with E-state index in [1.165, 1.54) is 11.0 Å². The zero-order valence-corrected chi connectivity index (χ0v) is 18.1. The Balaban J connectivity index is 1.72. The van der Waals surface area contributed by atoms with E-state index in [2.05, 4.69) is 5.32 Å². The molecule has 0 bridgehead atoms. The minimum Gasteiger partial charge on any atom is -0.465 e. The van der Waals surface area contributed by atoms with Gasteiger partial charge in [-0.3, -0.25) is 4.79 Å². The van der Waals surface area contributed by atoms with Crippen LogP contribution in [-0.4, -0.2) is 37.0 Å². The van der Waals surface area contributed by atoms with E-state index in [1.54, 1.807) is 30.3 Å². The molecule has 2 aromatic carbocycles. The standard InChI is InChI=1S/C21H22ClN3O5S/c22-17-4-2-1-3-13(17)9-19(26)24-14-10-16-15(18(11-14)31(23,29)30)7-8-25(21(27)28)20(16)12-5-6-12/h1-4,10-12,20H,5-9H2,(H,24,26)(H,27,28)(H2,23,29,30). The van der Waals surface area contributed by atoms with Gasteiger partial charge < -0.3 is 15.3 Å². The van der Waals surface area contributed by atoms with Gasteiger partial charge in [0.25, 0.3) is 0 Å². The third kappa shape index (κ3) is 4.53. The number of rotatable bonds is 5. The van der Waals surface area contributed by atoms with Gasteiger partial charge >= 0.3 is 6.09 Å². The highest BCUT2D eigenvalue weighted by molar-refractivity contribution is 7.89. The summed E-state index contributed by atoms with van der Waals surface area (Å²) in [6.45, 7) is 0.199. The quantitative estimate of drug-likeness (QED) is 0.627. The number of primary sulfonamides is 1. The summed E-state index contributed by atoms with van der Waals surface area (Å²) >= 11 is 6.12. The van der Waals surface area contributed by atoms with Gasteiger partial charge in [0.15, 0.2) is 0 Å². The van der Waals surface area contributed by atoms with Crippen molar-refractivity contribution in [3.05, 3.63) is 58.1 Å². The molecule has 0 saturated heterocycles. The summed E-state index contributed by atoms with van der Waals surface area (Å²) in [6.07, 6.45) is 0.927. The van der Waals surface area contributed by atoms with Crippen molar-refractivity contribution in [2.45, 2.75) is 36.6 Å². The van der Waals surface area contributed by atoms with Gasteiger partial charge in [0.2, 0.25) is 15.9 Å². The molecule has 4 rings (SSSR count). The minimum absolute atomic E-state index is 0.00870. The second-order valence-corrected chi connectivity index (χ2v) is 9.85. The number of halogens is 1. The van der Waals surface area contributed by atoms with Gasteiger partial charge in [0.05, 0.1) is 17.4 Å². The van der Waals surface area contributed by atoms with Crippen molar-refractivity contribution in [3.8, 4) is 0 Å². The van der Waals surface area contributed by atoms with E-state index in [1.807, 2.05) is 0 Å². The monoisotopic (exact) mass is 463 g/mol. The van der Waals surface area contributed by atoms with Crippen molar-refractivity contribution in [1.82, 2.24) is 4.90 Å². The number of hydrogen-bond acceptors (Lipinski definition) is 4. The molecule has 1 saturated carbocycles. The van der Waals surface area contributed by atoms with Crippen LogP contribution in [0.2, 0.25) is 5.02 Å². The maximum Gasteiger partial charge on any atom is 0.407 e. The number of benzene rings is 2. The molecule has 1 aliphatic carbocycles. The van der Waals surface area contributed by atoms with Crippen LogP contribution in [0.5, 0.6) is 0 Å². The Labute approximate surface area is 185 Å². The van der Waals surface area contributed by atoms with E-state index in [0.717, 1.165) is 12.8 Å². The normalized spacial score (nSPS) is 18.4. The van der Waals surface area contributed by atoms with Crippen molar-refractivity contribution >= 4 is 39.3 Å². The van der Waals surface area contributed by atoms with Crippen LogP contribution in [0.15, 0.2) is 41.3 Å². The summed E-state index contributed by atoms with van der Waals surface area (Å²) in [6, 6.07) is 9.51. The van der Waals surface area contributed by atoms with E-state index < -0.39 is 22.2 Å². The van der Waals surface area contributed by atoms with Gasteiger partial charge in [-0.05, 0) is 60.1 Å². The first-order valence-electron chi connectivity index (χ1n) is 9.87. The molecule has 2 aliphatic rings. The SMILES string of the molecule is NS(=O)(=O)c1cc(NC(=O)Cc2ccccc2Cl)cc2c1CCN(C(=O)O)C2C1CC1. The first kappa shape index (κ1) is 21.6. The van der Waals surface area contributed by atoms with Gasteiger partial charge in [-0.25, -0.2) is 18.4 Å². The highest BCUT2D eigenvalue weighted by Crippen LogP contribution is 2.48. The number of fused-ring (bicyclic) bond motifs is 1. The predicted molar refractivity (Wildman–Crippen MR) is 116 cm³/mol. The summed E-state index contributed by atoms with van der Waals surface area (Å²) in [5.41, 5.74) is 2.02. The number of carbonyl (C=O) groups excluding carboxylic acids is 1. The summed E-state index contributed by atoms with van der Waals surface area (Å²) in [7, 11) is -4.07. The lowest BCUT2D eigenvalue weighted by atomic mass is 9.89. The second kappa shape index (κ2) is 8.14. The third-order valence-electron chi connectivity index (χ3n) is 5.71. The van der Waals surface area contributed by atoms with Crippen LogP contribution in [0.25, 0.3) is 0 Å². The van der Waals surface area contributed by atoms with Crippen molar-refractivity contribution in [3.63, 3.8) is 0 Å². The van der Waals surface area contributed by atoms with Crippen LogP contribution in [0.3, 0.4) is 0 Å². The Morgan fingerprint density at radius 2 is 1.94 bits per heavy atom. The number of anilines is 1. The number of nitrogens with two attached hydrogens (primary N) is 1. The first-order chi connectivity index (χ1) is 14.6. The minimum atomic E-state index is -4.07. The first-order valence-corrected chi connectivity index (χ1v) is 11.8. The fourth-order valence-corrected chi connectivity index (χ4v) is 5.28. The van der Waals surface area contributed by atoms with Gasteiger partial charge in [0.1, 0.15) is 0 Å². The molecular formula is C21H22ClN3O5S. The van der Waals surface area contributed by atoms with Gasteiger partial charge in [0, 0.05) is 17.3 Å². The molecule has 2 aromatic rings. The summed E-state index contributed by atoms with van der Waals surface area (Å²) < 4.78 is 24.6. The lowest BCUT2D eigenvalue weighted by Crippen LogP contribution is -2.41. The summed E-state index contributed by atoms with van der Waals surface area (Å²) in [5.74, 6) is -0.250. The molecule has 0 aromatic heterocycles. The van der Waals surface area contributed by atoms with Crippen molar-refractivity contribution < 1.29 is 23.1 Å². The third-order valence-corrected chi connectivity index (χ3v) is 7.06. The van der Waals surface area contributed by atoms with Crippen LogP contribution in [0, 0.1) is 5.92 Å². The maximum atomic E-state index is 12.6. The molecule has 8 nitrogen and oxygen atoms in total. The van der Waals surface area contributed by atoms with Crippen LogP contribution >= 0.6 is 11.6 Å². The summed E-state index contributed by atoms with van der Waals surface area (Å²) in [4.78, 5) is 25.7. The number of carboxylic acid groups (broad SMARTS) is 1. The Morgan fingerprint density at radius 3 is 2.55 bits per heavy atom. The number of sulfonamides is 1. The Bertz CT molecular complexity index is 1160. The number of amides is 2. The van der Waals surface area contributed by atoms with E-state index in [-0.39, 0.29) is 41.8 Å². The molecular weight excluding hydrogens is 442 g/mol. The maximum absolute atomic E-state index is 12.6.